The lowest BCUT2D eigenvalue weighted by Crippen LogP contribution is -2.45. The quantitative estimate of drug-likeness (QED) is 0.784. The Morgan fingerprint density at radius 2 is 1.90 bits per heavy atom. The summed E-state index contributed by atoms with van der Waals surface area (Å²) in [5.74, 6) is 0.951. The number of ketones is 1. The van der Waals surface area contributed by atoms with Crippen LogP contribution in [0.25, 0.3) is 0 Å². The number of hydrogen-bond donors (Lipinski definition) is 0. The number of carbonyl (C=O) groups is 1. The fourth-order valence-electron chi connectivity index (χ4n) is 3.59. The first-order valence-corrected chi connectivity index (χ1v) is 8.09. The summed E-state index contributed by atoms with van der Waals surface area (Å²) in [5.41, 5.74) is 0.804. The number of rotatable bonds is 3. The minimum Gasteiger partial charge on any atom is -0.490 e. The molecule has 0 aromatic heterocycles. The van der Waals surface area contributed by atoms with Crippen LogP contribution in [0.2, 0.25) is 0 Å². The summed E-state index contributed by atoms with van der Waals surface area (Å²) in [6.45, 7) is 2.39. The fraction of sp³-hybridized carbons (Fsp3) is 0.611. The number of Topliss-reactive ketones (excluding diaryl/α,β-unsaturated/α-hetero) is 1. The van der Waals surface area contributed by atoms with E-state index in [1.165, 1.54) is 32.1 Å². The van der Waals surface area contributed by atoms with Crippen molar-refractivity contribution < 1.29 is 14.3 Å². The molecule has 1 heterocycles. The van der Waals surface area contributed by atoms with Crippen molar-refractivity contribution in [3.63, 3.8) is 0 Å². The Hall–Kier alpha value is -1.35. The number of benzene rings is 1. The Kier molecular flexibility index (Phi) is 4.29. The van der Waals surface area contributed by atoms with Crippen molar-refractivity contribution in [2.75, 3.05) is 6.61 Å². The van der Waals surface area contributed by atoms with Crippen LogP contribution >= 0.6 is 0 Å². The minimum atomic E-state index is 0.0699. The van der Waals surface area contributed by atoms with Gasteiger partial charge in [0.15, 0.2) is 5.78 Å². The molecule has 0 N–H and O–H groups in total. The van der Waals surface area contributed by atoms with Gasteiger partial charge < -0.3 is 9.47 Å². The van der Waals surface area contributed by atoms with E-state index in [1.54, 1.807) is 6.92 Å². The summed E-state index contributed by atoms with van der Waals surface area (Å²) >= 11 is 0. The van der Waals surface area contributed by atoms with Crippen LogP contribution in [0.15, 0.2) is 24.3 Å². The molecule has 1 aliphatic heterocycles. The van der Waals surface area contributed by atoms with E-state index in [-0.39, 0.29) is 17.5 Å². The molecule has 1 aromatic carbocycles. The highest BCUT2D eigenvalue weighted by atomic mass is 16.5. The molecule has 1 unspecified atom stereocenters. The Bertz CT molecular complexity index is 480. The Morgan fingerprint density at radius 1 is 1.19 bits per heavy atom. The maximum absolute atomic E-state index is 11.3. The zero-order valence-corrected chi connectivity index (χ0v) is 12.8. The second-order valence-corrected chi connectivity index (χ2v) is 6.41. The summed E-state index contributed by atoms with van der Waals surface area (Å²) in [7, 11) is 0. The van der Waals surface area contributed by atoms with Crippen molar-refractivity contribution in [2.24, 2.45) is 0 Å². The van der Waals surface area contributed by atoms with Crippen LogP contribution in [0.1, 0.15) is 62.2 Å². The largest absolute Gasteiger partial charge is 0.490 e. The summed E-state index contributed by atoms with van der Waals surface area (Å²) in [6, 6.07) is 7.49. The monoisotopic (exact) mass is 288 g/mol. The molecule has 3 rings (SSSR count). The Balaban J connectivity index is 1.62. The highest BCUT2D eigenvalue weighted by Crippen LogP contribution is 2.39. The van der Waals surface area contributed by atoms with E-state index < -0.39 is 0 Å². The van der Waals surface area contributed by atoms with E-state index in [0.29, 0.717) is 0 Å². The summed E-state index contributed by atoms with van der Waals surface area (Å²) < 4.78 is 12.2. The van der Waals surface area contributed by atoms with Crippen molar-refractivity contribution >= 4 is 5.78 Å². The zero-order chi connectivity index (χ0) is 14.7. The van der Waals surface area contributed by atoms with Gasteiger partial charge in [0.05, 0.1) is 12.2 Å². The van der Waals surface area contributed by atoms with Crippen molar-refractivity contribution in [1.82, 2.24) is 0 Å². The van der Waals surface area contributed by atoms with Crippen LogP contribution in [0.3, 0.4) is 0 Å². The molecule has 0 amide bonds. The maximum atomic E-state index is 11.3. The zero-order valence-electron chi connectivity index (χ0n) is 12.8. The van der Waals surface area contributed by atoms with Gasteiger partial charge >= 0.3 is 0 Å². The third kappa shape index (κ3) is 3.46. The van der Waals surface area contributed by atoms with E-state index in [9.17, 15) is 4.79 Å². The van der Waals surface area contributed by atoms with Crippen LogP contribution in [-0.4, -0.2) is 24.1 Å². The van der Waals surface area contributed by atoms with Gasteiger partial charge in [0.1, 0.15) is 11.9 Å². The topological polar surface area (TPSA) is 35.5 Å². The normalized spacial score (nSPS) is 24.7. The smallest absolute Gasteiger partial charge is 0.159 e. The predicted molar refractivity (Wildman–Crippen MR) is 81.9 cm³/mol. The van der Waals surface area contributed by atoms with Crippen molar-refractivity contribution in [3.8, 4) is 5.75 Å². The molecule has 2 fully saturated rings. The average molecular weight is 288 g/mol. The molecule has 3 heteroatoms. The van der Waals surface area contributed by atoms with E-state index in [4.69, 9.17) is 9.47 Å². The van der Waals surface area contributed by atoms with Crippen molar-refractivity contribution in [1.29, 1.82) is 0 Å². The van der Waals surface area contributed by atoms with Crippen LogP contribution in [0.4, 0.5) is 0 Å². The number of hydrogen-bond acceptors (Lipinski definition) is 3. The molecule has 2 aliphatic rings. The van der Waals surface area contributed by atoms with Gasteiger partial charge in [-0.3, -0.25) is 4.79 Å². The molecular weight excluding hydrogens is 264 g/mol. The lowest BCUT2D eigenvalue weighted by molar-refractivity contribution is -0.129. The second-order valence-electron chi connectivity index (χ2n) is 6.41. The fourth-order valence-corrected chi connectivity index (χ4v) is 3.59. The molecule has 114 valence electrons. The summed E-state index contributed by atoms with van der Waals surface area (Å²) in [4.78, 5) is 11.3. The van der Waals surface area contributed by atoms with Crippen LogP contribution in [0, 0.1) is 0 Å². The first-order valence-electron chi connectivity index (χ1n) is 8.09. The van der Waals surface area contributed by atoms with Crippen molar-refractivity contribution in [3.05, 3.63) is 29.8 Å². The molecule has 1 aliphatic carbocycles. The third-order valence-corrected chi connectivity index (χ3v) is 4.78. The van der Waals surface area contributed by atoms with Gasteiger partial charge in [-0.05, 0) is 44.0 Å². The molecule has 1 atom stereocenters. The first-order chi connectivity index (χ1) is 10.2. The van der Waals surface area contributed by atoms with Crippen molar-refractivity contribution in [2.45, 2.75) is 63.6 Å². The Morgan fingerprint density at radius 3 is 2.57 bits per heavy atom. The first kappa shape index (κ1) is 14.6. The van der Waals surface area contributed by atoms with E-state index in [0.717, 1.165) is 30.8 Å². The van der Waals surface area contributed by atoms with E-state index >= 15 is 0 Å². The maximum Gasteiger partial charge on any atom is 0.159 e. The van der Waals surface area contributed by atoms with Gasteiger partial charge in [0.2, 0.25) is 0 Å². The van der Waals surface area contributed by atoms with Crippen LogP contribution in [-0.2, 0) is 4.74 Å². The van der Waals surface area contributed by atoms with Gasteiger partial charge in [0, 0.05) is 18.4 Å². The SMILES string of the molecule is CC(=O)c1ccc(OC2CCOC3(CCCCC3)C2)cc1. The van der Waals surface area contributed by atoms with Gasteiger partial charge in [0.25, 0.3) is 0 Å². The summed E-state index contributed by atoms with van der Waals surface area (Å²) in [5, 5.41) is 0. The van der Waals surface area contributed by atoms with Crippen LogP contribution in [0.5, 0.6) is 5.75 Å². The lowest BCUT2D eigenvalue weighted by Gasteiger charge is -2.43. The molecule has 3 nitrogen and oxygen atoms in total. The van der Waals surface area contributed by atoms with E-state index in [2.05, 4.69) is 0 Å². The molecule has 1 aromatic rings. The molecular formula is C18H24O3. The molecule has 1 saturated carbocycles. The Labute approximate surface area is 126 Å². The molecule has 0 radical (unpaired) electrons. The minimum absolute atomic E-state index is 0.0699. The standard InChI is InChI=1S/C18H24O3/c1-14(19)15-5-7-16(8-6-15)21-17-9-12-20-18(13-17)10-3-2-4-11-18/h5-8,17H,2-4,9-13H2,1H3. The molecule has 1 saturated heterocycles. The number of ether oxygens (including phenoxy) is 2. The third-order valence-electron chi connectivity index (χ3n) is 4.78. The number of carbonyl (C=O) groups excluding carboxylic acids is 1. The lowest BCUT2D eigenvalue weighted by atomic mass is 9.79. The average Bonchev–Trinajstić information content (AvgIpc) is 2.49. The molecule has 0 bridgehead atoms. The van der Waals surface area contributed by atoms with Gasteiger partial charge in [-0.2, -0.15) is 0 Å². The predicted octanol–water partition coefficient (Wildman–Crippen LogP) is 4.15. The van der Waals surface area contributed by atoms with Crippen LogP contribution < -0.4 is 4.74 Å². The molecule has 21 heavy (non-hydrogen) atoms. The molecule has 1 spiro atoms. The van der Waals surface area contributed by atoms with Gasteiger partial charge in [-0.15, -0.1) is 0 Å². The summed E-state index contributed by atoms with van der Waals surface area (Å²) in [6.07, 6.45) is 8.44. The van der Waals surface area contributed by atoms with Gasteiger partial charge in [-0.1, -0.05) is 19.3 Å². The highest BCUT2D eigenvalue weighted by molar-refractivity contribution is 5.94. The second kappa shape index (κ2) is 6.18. The van der Waals surface area contributed by atoms with Gasteiger partial charge in [-0.25, -0.2) is 0 Å². The van der Waals surface area contributed by atoms with E-state index in [1.807, 2.05) is 24.3 Å². The highest BCUT2D eigenvalue weighted by Gasteiger charge is 2.39.